The van der Waals surface area contributed by atoms with Crippen LogP contribution in [0.1, 0.15) is 35.8 Å². The first-order valence-corrected chi connectivity index (χ1v) is 7.97. The van der Waals surface area contributed by atoms with Gasteiger partial charge in [-0.2, -0.15) is 0 Å². The van der Waals surface area contributed by atoms with Gasteiger partial charge in [-0.1, -0.05) is 17.7 Å². The lowest BCUT2D eigenvalue weighted by Crippen LogP contribution is -2.45. The number of hydrogen-bond acceptors (Lipinski definition) is 2. The zero-order valence-corrected chi connectivity index (χ0v) is 14.4. The van der Waals surface area contributed by atoms with Crippen molar-refractivity contribution in [2.45, 2.75) is 25.9 Å². The Morgan fingerprint density at radius 2 is 1.60 bits per heavy atom. The average Bonchev–Trinajstić information content (AvgIpc) is 2.57. The lowest BCUT2D eigenvalue weighted by atomic mass is 10.1. The molecule has 0 saturated carbocycles. The molecule has 0 aliphatic carbocycles. The summed E-state index contributed by atoms with van der Waals surface area (Å²) in [6, 6.07) is 8.31. The van der Waals surface area contributed by atoms with Gasteiger partial charge in [0, 0.05) is 10.6 Å². The second-order valence-electron chi connectivity index (χ2n) is 5.61. The molecule has 0 aliphatic rings. The minimum absolute atomic E-state index is 0.373. The fourth-order valence-electron chi connectivity index (χ4n) is 2.15. The zero-order valence-electron chi connectivity index (χ0n) is 13.6. The summed E-state index contributed by atoms with van der Waals surface area (Å²) in [5.74, 6) is -2.80. The molecular weight excluding hydrogens is 350 g/mol. The van der Waals surface area contributed by atoms with Crippen LogP contribution in [0.5, 0.6) is 0 Å². The first-order valence-electron chi connectivity index (χ1n) is 7.59. The minimum atomic E-state index is -0.984. The molecule has 25 heavy (non-hydrogen) atoms. The van der Waals surface area contributed by atoms with Gasteiger partial charge < -0.3 is 10.6 Å². The number of halogens is 3. The summed E-state index contributed by atoms with van der Waals surface area (Å²) < 4.78 is 26.2. The molecule has 132 valence electrons. The highest BCUT2D eigenvalue weighted by atomic mass is 35.5. The van der Waals surface area contributed by atoms with Crippen LogP contribution in [0.15, 0.2) is 42.5 Å². The predicted octanol–water partition coefficient (Wildman–Crippen LogP) is 3.61. The van der Waals surface area contributed by atoms with Gasteiger partial charge in [0.2, 0.25) is 5.91 Å². The Morgan fingerprint density at radius 1 is 0.960 bits per heavy atom. The van der Waals surface area contributed by atoms with Gasteiger partial charge >= 0.3 is 0 Å². The molecular formula is C18H17ClF2N2O2. The van der Waals surface area contributed by atoms with Crippen LogP contribution >= 0.6 is 11.6 Å². The van der Waals surface area contributed by atoms with E-state index < -0.39 is 35.5 Å². The Balaban J connectivity index is 1.96. The van der Waals surface area contributed by atoms with Gasteiger partial charge in [0.1, 0.15) is 6.04 Å². The van der Waals surface area contributed by atoms with Crippen LogP contribution in [0.25, 0.3) is 0 Å². The highest BCUT2D eigenvalue weighted by Gasteiger charge is 2.19. The summed E-state index contributed by atoms with van der Waals surface area (Å²) >= 11 is 5.76. The molecule has 0 aliphatic heterocycles. The molecule has 2 aromatic carbocycles. The molecule has 2 rings (SSSR count). The van der Waals surface area contributed by atoms with Gasteiger partial charge in [0.15, 0.2) is 11.6 Å². The quantitative estimate of drug-likeness (QED) is 0.849. The van der Waals surface area contributed by atoms with Crippen molar-refractivity contribution in [3.8, 4) is 0 Å². The summed E-state index contributed by atoms with van der Waals surface area (Å²) in [6.07, 6.45) is 0. The first-order chi connectivity index (χ1) is 11.8. The standard InChI is InChI=1S/C18H17ClF2N2O2/c1-10(13-5-8-15(20)16(21)9-13)22-17(24)11(2)23-18(25)12-3-6-14(19)7-4-12/h3-11H,1-2H3,(H,22,24)(H,23,25). The van der Waals surface area contributed by atoms with Crippen molar-refractivity contribution in [3.63, 3.8) is 0 Å². The van der Waals surface area contributed by atoms with Gasteiger partial charge in [-0.15, -0.1) is 0 Å². The van der Waals surface area contributed by atoms with Gasteiger partial charge in [-0.05, 0) is 55.8 Å². The van der Waals surface area contributed by atoms with E-state index in [1.54, 1.807) is 31.2 Å². The van der Waals surface area contributed by atoms with E-state index in [4.69, 9.17) is 11.6 Å². The maximum Gasteiger partial charge on any atom is 0.251 e. The molecule has 2 atom stereocenters. The number of hydrogen-bond donors (Lipinski definition) is 2. The smallest absolute Gasteiger partial charge is 0.251 e. The van der Waals surface area contributed by atoms with E-state index in [2.05, 4.69) is 10.6 Å². The number of nitrogens with one attached hydrogen (secondary N) is 2. The van der Waals surface area contributed by atoms with Crippen LogP contribution in [-0.2, 0) is 4.79 Å². The van der Waals surface area contributed by atoms with Crippen molar-refractivity contribution in [2.75, 3.05) is 0 Å². The van der Waals surface area contributed by atoms with E-state index in [0.717, 1.165) is 12.1 Å². The largest absolute Gasteiger partial charge is 0.348 e. The van der Waals surface area contributed by atoms with E-state index in [0.29, 0.717) is 16.1 Å². The van der Waals surface area contributed by atoms with Crippen molar-refractivity contribution >= 4 is 23.4 Å². The third kappa shape index (κ3) is 5.00. The van der Waals surface area contributed by atoms with Crippen LogP contribution < -0.4 is 10.6 Å². The van der Waals surface area contributed by atoms with Crippen molar-refractivity contribution in [3.05, 3.63) is 70.2 Å². The van der Waals surface area contributed by atoms with E-state index in [1.807, 2.05) is 0 Å². The molecule has 2 aromatic rings. The average molecular weight is 367 g/mol. The monoisotopic (exact) mass is 366 g/mol. The summed E-state index contributed by atoms with van der Waals surface area (Å²) in [5, 5.41) is 5.71. The second-order valence-corrected chi connectivity index (χ2v) is 6.04. The fourth-order valence-corrected chi connectivity index (χ4v) is 2.28. The molecule has 2 unspecified atom stereocenters. The number of benzene rings is 2. The molecule has 2 N–H and O–H groups in total. The maximum atomic E-state index is 13.3. The Hall–Kier alpha value is -2.47. The number of rotatable bonds is 5. The summed E-state index contributed by atoms with van der Waals surface area (Å²) in [6.45, 7) is 3.17. The predicted molar refractivity (Wildman–Crippen MR) is 91.3 cm³/mol. The lowest BCUT2D eigenvalue weighted by molar-refractivity contribution is -0.123. The Bertz CT molecular complexity index is 781. The SMILES string of the molecule is CC(NC(=O)c1ccc(Cl)cc1)C(=O)NC(C)c1ccc(F)c(F)c1. The van der Waals surface area contributed by atoms with Crippen LogP contribution in [0.4, 0.5) is 8.78 Å². The molecule has 0 bridgehead atoms. The van der Waals surface area contributed by atoms with Crippen molar-refractivity contribution < 1.29 is 18.4 Å². The number of amides is 2. The van der Waals surface area contributed by atoms with E-state index in [9.17, 15) is 18.4 Å². The third-order valence-electron chi connectivity index (χ3n) is 3.65. The zero-order chi connectivity index (χ0) is 18.6. The van der Waals surface area contributed by atoms with E-state index >= 15 is 0 Å². The molecule has 0 aromatic heterocycles. The van der Waals surface area contributed by atoms with Gasteiger partial charge in [0.25, 0.3) is 5.91 Å². The number of carbonyl (C=O) groups excluding carboxylic acids is 2. The van der Waals surface area contributed by atoms with Gasteiger partial charge in [-0.3, -0.25) is 9.59 Å². The fraction of sp³-hybridized carbons (Fsp3) is 0.222. The van der Waals surface area contributed by atoms with Crippen LogP contribution in [-0.4, -0.2) is 17.9 Å². The van der Waals surface area contributed by atoms with Gasteiger partial charge in [-0.25, -0.2) is 8.78 Å². The molecule has 0 spiro atoms. The minimum Gasteiger partial charge on any atom is -0.348 e. The lowest BCUT2D eigenvalue weighted by Gasteiger charge is -2.19. The summed E-state index contributed by atoms with van der Waals surface area (Å²) in [7, 11) is 0. The van der Waals surface area contributed by atoms with Crippen LogP contribution in [0.2, 0.25) is 5.02 Å². The Kier molecular flexibility index (Phi) is 6.09. The molecule has 7 heteroatoms. The topological polar surface area (TPSA) is 58.2 Å². The molecule has 0 fully saturated rings. The van der Waals surface area contributed by atoms with Crippen molar-refractivity contribution in [1.82, 2.24) is 10.6 Å². The highest BCUT2D eigenvalue weighted by molar-refractivity contribution is 6.30. The van der Waals surface area contributed by atoms with Crippen LogP contribution in [0.3, 0.4) is 0 Å². The molecule has 0 heterocycles. The molecule has 0 saturated heterocycles. The Morgan fingerprint density at radius 3 is 2.20 bits per heavy atom. The van der Waals surface area contributed by atoms with E-state index in [1.165, 1.54) is 13.0 Å². The second kappa shape index (κ2) is 8.07. The van der Waals surface area contributed by atoms with E-state index in [-0.39, 0.29) is 0 Å². The maximum absolute atomic E-state index is 13.3. The van der Waals surface area contributed by atoms with Gasteiger partial charge in [0.05, 0.1) is 6.04 Å². The molecule has 0 radical (unpaired) electrons. The summed E-state index contributed by atoms with van der Waals surface area (Å²) in [5.41, 5.74) is 0.793. The van der Waals surface area contributed by atoms with Crippen molar-refractivity contribution in [1.29, 1.82) is 0 Å². The van der Waals surface area contributed by atoms with Crippen LogP contribution in [0, 0.1) is 11.6 Å². The molecule has 4 nitrogen and oxygen atoms in total. The molecule has 2 amide bonds. The van der Waals surface area contributed by atoms with Crippen molar-refractivity contribution in [2.24, 2.45) is 0 Å². The third-order valence-corrected chi connectivity index (χ3v) is 3.90. The Labute approximate surface area is 149 Å². The normalized spacial score (nSPS) is 13.0. The number of carbonyl (C=O) groups is 2. The summed E-state index contributed by atoms with van der Waals surface area (Å²) in [4.78, 5) is 24.3. The highest BCUT2D eigenvalue weighted by Crippen LogP contribution is 2.16. The first kappa shape index (κ1) is 18.9.